The maximum absolute atomic E-state index is 3.32. The van der Waals surface area contributed by atoms with Crippen molar-refractivity contribution in [3.63, 3.8) is 0 Å². The van der Waals surface area contributed by atoms with Crippen LogP contribution in [0.2, 0.25) is 0 Å². The molecule has 0 amide bonds. The van der Waals surface area contributed by atoms with Crippen LogP contribution in [0.5, 0.6) is 0 Å². The smallest absolute Gasteiger partial charge is 0.00493 e. The van der Waals surface area contributed by atoms with Gasteiger partial charge in [0, 0.05) is 0 Å². The third-order valence-electron chi connectivity index (χ3n) is 4.71. The predicted octanol–water partition coefficient (Wildman–Crippen LogP) is 5.25. The van der Waals surface area contributed by atoms with E-state index in [0.29, 0.717) is 0 Å². The Morgan fingerprint density at radius 2 is 1.28 bits per heavy atom. The summed E-state index contributed by atoms with van der Waals surface area (Å²) in [5, 5.41) is 3.32. The molecule has 0 aliphatic rings. The molecular formula is C17H37N. The van der Waals surface area contributed by atoms with Crippen molar-refractivity contribution in [1.82, 2.24) is 5.32 Å². The minimum atomic E-state index is 0.912. The van der Waals surface area contributed by atoms with Gasteiger partial charge >= 0.3 is 0 Å². The maximum atomic E-state index is 3.32. The Labute approximate surface area is 116 Å². The first-order chi connectivity index (χ1) is 8.67. The highest BCUT2D eigenvalue weighted by Crippen LogP contribution is 2.25. The quantitative estimate of drug-likeness (QED) is 0.502. The minimum absolute atomic E-state index is 0.912. The molecule has 1 N–H and O–H groups in total. The van der Waals surface area contributed by atoms with E-state index in [2.05, 4.69) is 40.1 Å². The fourth-order valence-electron chi connectivity index (χ4n) is 2.67. The van der Waals surface area contributed by atoms with E-state index in [-0.39, 0.29) is 0 Å². The van der Waals surface area contributed by atoms with Crippen LogP contribution < -0.4 is 5.32 Å². The minimum Gasteiger partial charge on any atom is -0.320 e. The highest BCUT2D eigenvalue weighted by Gasteiger charge is 2.12. The molecule has 0 bridgehead atoms. The van der Waals surface area contributed by atoms with E-state index in [4.69, 9.17) is 0 Å². The molecule has 110 valence electrons. The Morgan fingerprint density at radius 1 is 0.722 bits per heavy atom. The van der Waals surface area contributed by atoms with Crippen molar-refractivity contribution in [2.24, 2.45) is 17.8 Å². The Balaban J connectivity index is 3.96. The lowest BCUT2D eigenvalue weighted by atomic mass is 9.86. The molecule has 0 saturated carbocycles. The third-order valence-corrected chi connectivity index (χ3v) is 4.71. The van der Waals surface area contributed by atoms with Crippen LogP contribution in [0.4, 0.5) is 0 Å². The molecule has 0 aliphatic carbocycles. The summed E-state index contributed by atoms with van der Waals surface area (Å²) in [6, 6.07) is 0. The molecule has 0 radical (unpaired) electrons. The number of hydrogen-bond acceptors (Lipinski definition) is 1. The van der Waals surface area contributed by atoms with Gasteiger partial charge in [0.2, 0.25) is 0 Å². The Morgan fingerprint density at radius 3 is 1.78 bits per heavy atom. The first-order valence-electron chi connectivity index (χ1n) is 8.32. The highest BCUT2D eigenvalue weighted by atomic mass is 14.8. The molecule has 2 atom stereocenters. The molecule has 0 aliphatic heterocycles. The number of rotatable bonds is 12. The lowest BCUT2D eigenvalue weighted by Gasteiger charge is -2.21. The molecule has 2 unspecified atom stereocenters. The van der Waals surface area contributed by atoms with Gasteiger partial charge in [-0.25, -0.2) is 0 Å². The van der Waals surface area contributed by atoms with E-state index in [9.17, 15) is 0 Å². The van der Waals surface area contributed by atoms with Crippen LogP contribution in [0.3, 0.4) is 0 Å². The summed E-state index contributed by atoms with van der Waals surface area (Å²) in [4.78, 5) is 0. The molecule has 0 aromatic heterocycles. The molecule has 0 heterocycles. The molecule has 18 heavy (non-hydrogen) atoms. The second kappa shape index (κ2) is 12.0. The van der Waals surface area contributed by atoms with Crippen LogP contribution in [0.15, 0.2) is 0 Å². The van der Waals surface area contributed by atoms with Crippen LogP contribution in [0.1, 0.15) is 79.1 Å². The van der Waals surface area contributed by atoms with Crippen molar-refractivity contribution < 1.29 is 0 Å². The molecule has 1 nitrogen and oxygen atoms in total. The summed E-state index contributed by atoms with van der Waals surface area (Å²) in [6.07, 6.45) is 11.2. The van der Waals surface area contributed by atoms with Gasteiger partial charge in [0.15, 0.2) is 0 Å². The van der Waals surface area contributed by atoms with Crippen molar-refractivity contribution in [3.05, 3.63) is 0 Å². The van der Waals surface area contributed by atoms with Crippen LogP contribution in [0.25, 0.3) is 0 Å². The Bertz CT molecular complexity index is 163. The van der Waals surface area contributed by atoms with Gasteiger partial charge in [0.05, 0.1) is 0 Å². The van der Waals surface area contributed by atoms with E-state index in [1.54, 1.807) is 0 Å². The third kappa shape index (κ3) is 8.97. The second-order valence-electron chi connectivity index (χ2n) is 6.11. The number of nitrogens with one attached hydrogen (secondary N) is 1. The van der Waals surface area contributed by atoms with E-state index in [1.807, 2.05) is 0 Å². The van der Waals surface area contributed by atoms with Crippen molar-refractivity contribution in [2.75, 3.05) is 13.6 Å². The van der Waals surface area contributed by atoms with Gasteiger partial charge in [-0.2, -0.15) is 0 Å². The van der Waals surface area contributed by atoms with Gasteiger partial charge in [0.1, 0.15) is 0 Å². The standard InChI is InChI=1S/C17H37N/c1-6-15(4)9-10-17(13-14-18-5)12-11-16(7-2)8-3/h15-18H,6-14H2,1-5H3. The summed E-state index contributed by atoms with van der Waals surface area (Å²) in [5.41, 5.74) is 0. The number of hydrogen-bond donors (Lipinski definition) is 1. The average molecular weight is 255 g/mol. The molecule has 0 aromatic rings. The largest absolute Gasteiger partial charge is 0.320 e. The molecule has 0 saturated heterocycles. The highest BCUT2D eigenvalue weighted by molar-refractivity contribution is 4.66. The zero-order chi connectivity index (χ0) is 13.8. The van der Waals surface area contributed by atoms with Crippen molar-refractivity contribution in [2.45, 2.75) is 79.1 Å². The summed E-state index contributed by atoms with van der Waals surface area (Å²) >= 11 is 0. The predicted molar refractivity (Wildman–Crippen MR) is 84.0 cm³/mol. The summed E-state index contributed by atoms with van der Waals surface area (Å²) in [5.74, 6) is 2.83. The molecule has 0 fully saturated rings. The summed E-state index contributed by atoms with van der Waals surface area (Å²) < 4.78 is 0. The second-order valence-corrected chi connectivity index (χ2v) is 6.11. The van der Waals surface area contributed by atoms with Gasteiger partial charge in [-0.05, 0) is 37.8 Å². The summed E-state index contributed by atoms with van der Waals surface area (Å²) in [7, 11) is 2.08. The van der Waals surface area contributed by atoms with Gasteiger partial charge in [-0.15, -0.1) is 0 Å². The lowest BCUT2D eigenvalue weighted by molar-refractivity contribution is 0.321. The van der Waals surface area contributed by atoms with Crippen molar-refractivity contribution >= 4 is 0 Å². The SMILES string of the molecule is CCC(C)CCC(CCNC)CCC(CC)CC. The van der Waals surface area contributed by atoms with Gasteiger partial charge in [0.25, 0.3) is 0 Å². The first-order valence-corrected chi connectivity index (χ1v) is 8.32. The average Bonchev–Trinajstić information content (AvgIpc) is 2.41. The molecule has 1 heteroatoms. The fraction of sp³-hybridized carbons (Fsp3) is 1.00. The topological polar surface area (TPSA) is 12.0 Å². The fourth-order valence-corrected chi connectivity index (χ4v) is 2.67. The molecule has 0 spiro atoms. The van der Waals surface area contributed by atoms with E-state index < -0.39 is 0 Å². The van der Waals surface area contributed by atoms with Gasteiger partial charge in [-0.1, -0.05) is 72.6 Å². The Hall–Kier alpha value is -0.0400. The molecule has 0 rings (SSSR count). The molecular weight excluding hydrogens is 218 g/mol. The van der Waals surface area contributed by atoms with Crippen molar-refractivity contribution in [3.8, 4) is 0 Å². The Kier molecular flexibility index (Phi) is 12.0. The molecule has 0 aromatic carbocycles. The normalized spacial score (nSPS) is 15.0. The van der Waals surface area contributed by atoms with Crippen LogP contribution >= 0.6 is 0 Å². The van der Waals surface area contributed by atoms with Gasteiger partial charge < -0.3 is 5.32 Å². The van der Waals surface area contributed by atoms with E-state index in [0.717, 1.165) is 17.8 Å². The van der Waals surface area contributed by atoms with Crippen LogP contribution in [-0.4, -0.2) is 13.6 Å². The maximum Gasteiger partial charge on any atom is -0.00493 e. The van der Waals surface area contributed by atoms with Crippen LogP contribution in [0, 0.1) is 17.8 Å². The van der Waals surface area contributed by atoms with E-state index in [1.165, 1.54) is 57.9 Å². The zero-order valence-electron chi connectivity index (χ0n) is 13.6. The van der Waals surface area contributed by atoms with Gasteiger partial charge in [-0.3, -0.25) is 0 Å². The lowest BCUT2D eigenvalue weighted by Crippen LogP contribution is -2.15. The zero-order valence-corrected chi connectivity index (χ0v) is 13.6. The first kappa shape index (κ1) is 18.0. The monoisotopic (exact) mass is 255 g/mol. The van der Waals surface area contributed by atoms with Crippen LogP contribution in [-0.2, 0) is 0 Å². The van der Waals surface area contributed by atoms with E-state index >= 15 is 0 Å². The summed E-state index contributed by atoms with van der Waals surface area (Å²) in [6.45, 7) is 10.6. The van der Waals surface area contributed by atoms with Crippen molar-refractivity contribution in [1.29, 1.82) is 0 Å².